The van der Waals surface area contributed by atoms with Gasteiger partial charge in [-0.3, -0.25) is 4.79 Å². The molecule has 0 heterocycles. The standard InChI is InChI=1S/C9H13F3N2O/c1-7(6-13)8(15)14-5-3-2-4-9(10,11)12/h7H,2-5H2,1H3,(H,14,15). The van der Waals surface area contributed by atoms with Gasteiger partial charge in [-0.05, 0) is 19.8 Å². The Hall–Kier alpha value is -1.25. The number of alkyl halides is 3. The van der Waals surface area contributed by atoms with E-state index in [1.807, 2.05) is 0 Å². The van der Waals surface area contributed by atoms with E-state index in [-0.39, 0.29) is 19.4 Å². The largest absolute Gasteiger partial charge is 0.389 e. The zero-order chi connectivity index (χ0) is 11.9. The van der Waals surface area contributed by atoms with Crippen LogP contribution in [0.1, 0.15) is 26.2 Å². The first-order valence-corrected chi connectivity index (χ1v) is 4.61. The van der Waals surface area contributed by atoms with Crippen molar-refractivity contribution in [2.45, 2.75) is 32.4 Å². The second-order valence-electron chi connectivity index (χ2n) is 3.21. The van der Waals surface area contributed by atoms with Gasteiger partial charge in [0.1, 0.15) is 5.92 Å². The lowest BCUT2D eigenvalue weighted by Crippen LogP contribution is -2.29. The maximum atomic E-state index is 11.7. The Labute approximate surface area is 86.3 Å². The molecule has 0 fully saturated rings. The summed E-state index contributed by atoms with van der Waals surface area (Å²) in [6, 6.07) is 1.74. The van der Waals surface area contributed by atoms with Gasteiger partial charge in [-0.1, -0.05) is 0 Å². The van der Waals surface area contributed by atoms with Crippen molar-refractivity contribution in [1.82, 2.24) is 5.32 Å². The fourth-order valence-corrected chi connectivity index (χ4v) is 0.874. The van der Waals surface area contributed by atoms with Crippen molar-refractivity contribution in [1.29, 1.82) is 5.26 Å². The Balaban J connectivity index is 3.48. The van der Waals surface area contributed by atoms with Crippen LogP contribution in [0, 0.1) is 17.2 Å². The van der Waals surface area contributed by atoms with Crippen molar-refractivity contribution >= 4 is 5.91 Å². The molecule has 0 radical (unpaired) electrons. The Bertz CT molecular complexity index is 245. The second kappa shape index (κ2) is 6.27. The summed E-state index contributed by atoms with van der Waals surface area (Å²) in [4.78, 5) is 11.0. The molecule has 0 aliphatic rings. The first kappa shape index (κ1) is 13.8. The molecular formula is C9H13F3N2O. The fourth-order valence-electron chi connectivity index (χ4n) is 0.874. The number of rotatable bonds is 5. The monoisotopic (exact) mass is 222 g/mol. The smallest absolute Gasteiger partial charge is 0.355 e. The lowest BCUT2D eigenvalue weighted by molar-refractivity contribution is -0.135. The minimum absolute atomic E-state index is 0.00921. The summed E-state index contributed by atoms with van der Waals surface area (Å²) >= 11 is 0. The summed E-state index contributed by atoms with van der Waals surface area (Å²) in [5.74, 6) is -1.20. The SMILES string of the molecule is CC(C#N)C(=O)NCCCCC(F)(F)F. The predicted molar refractivity (Wildman–Crippen MR) is 47.7 cm³/mol. The first-order valence-electron chi connectivity index (χ1n) is 4.61. The van der Waals surface area contributed by atoms with E-state index in [1.54, 1.807) is 6.07 Å². The van der Waals surface area contributed by atoms with Crippen LogP contribution in [0.3, 0.4) is 0 Å². The van der Waals surface area contributed by atoms with Gasteiger partial charge in [0.2, 0.25) is 5.91 Å². The van der Waals surface area contributed by atoms with Crippen LogP contribution < -0.4 is 5.32 Å². The number of halogens is 3. The maximum absolute atomic E-state index is 11.7. The van der Waals surface area contributed by atoms with Gasteiger partial charge < -0.3 is 5.32 Å². The molecule has 6 heteroatoms. The Morgan fingerprint density at radius 3 is 2.53 bits per heavy atom. The molecule has 0 rings (SSSR count). The molecule has 0 aromatic carbocycles. The fraction of sp³-hybridized carbons (Fsp3) is 0.778. The van der Waals surface area contributed by atoms with Gasteiger partial charge in [-0.25, -0.2) is 0 Å². The van der Waals surface area contributed by atoms with Gasteiger partial charge in [0.15, 0.2) is 0 Å². The third-order valence-corrected chi connectivity index (χ3v) is 1.77. The van der Waals surface area contributed by atoms with Crippen LogP contribution >= 0.6 is 0 Å². The number of nitriles is 1. The lowest BCUT2D eigenvalue weighted by atomic mass is 10.2. The summed E-state index contributed by atoms with van der Waals surface area (Å²) in [5, 5.41) is 10.7. The normalized spacial score (nSPS) is 13.0. The predicted octanol–water partition coefficient (Wildman–Crippen LogP) is 1.99. The van der Waals surface area contributed by atoms with Crippen molar-refractivity contribution in [3.8, 4) is 6.07 Å². The van der Waals surface area contributed by atoms with Crippen LogP contribution in [-0.2, 0) is 4.79 Å². The van der Waals surface area contributed by atoms with Gasteiger partial charge in [0.05, 0.1) is 6.07 Å². The molecule has 86 valence electrons. The molecule has 0 aliphatic heterocycles. The number of unbranched alkanes of at least 4 members (excludes halogenated alkanes) is 1. The number of carbonyl (C=O) groups is 1. The molecule has 0 spiro atoms. The van der Waals surface area contributed by atoms with Gasteiger partial charge >= 0.3 is 6.18 Å². The van der Waals surface area contributed by atoms with E-state index in [2.05, 4.69) is 5.32 Å². The molecule has 1 amide bonds. The molecule has 1 atom stereocenters. The molecule has 1 N–H and O–H groups in total. The van der Waals surface area contributed by atoms with E-state index in [0.29, 0.717) is 0 Å². The summed E-state index contributed by atoms with van der Waals surface area (Å²) in [7, 11) is 0. The number of carbonyl (C=O) groups excluding carboxylic acids is 1. The van der Waals surface area contributed by atoms with E-state index in [0.717, 1.165) is 0 Å². The second-order valence-corrected chi connectivity index (χ2v) is 3.21. The average Bonchev–Trinajstić information content (AvgIpc) is 2.14. The van der Waals surface area contributed by atoms with Crippen LogP contribution in [0.4, 0.5) is 13.2 Å². The quantitative estimate of drug-likeness (QED) is 0.723. The molecule has 0 aromatic rings. The van der Waals surface area contributed by atoms with Gasteiger partial charge in [-0.15, -0.1) is 0 Å². The third-order valence-electron chi connectivity index (χ3n) is 1.77. The summed E-state index contributed by atoms with van der Waals surface area (Å²) in [6.07, 6.45) is -4.71. The molecule has 0 bridgehead atoms. The maximum Gasteiger partial charge on any atom is 0.389 e. The highest BCUT2D eigenvalue weighted by molar-refractivity contribution is 5.80. The first-order chi connectivity index (χ1) is 6.87. The topological polar surface area (TPSA) is 52.9 Å². The van der Waals surface area contributed by atoms with Crippen LogP contribution in [0.25, 0.3) is 0 Å². The molecule has 0 aromatic heterocycles. The Morgan fingerprint density at radius 2 is 2.07 bits per heavy atom. The van der Waals surface area contributed by atoms with Crippen LogP contribution in [0.5, 0.6) is 0 Å². The van der Waals surface area contributed by atoms with Crippen molar-refractivity contribution in [3.05, 3.63) is 0 Å². The van der Waals surface area contributed by atoms with Crippen molar-refractivity contribution < 1.29 is 18.0 Å². The number of amides is 1. The third kappa shape index (κ3) is 7.79. The van der Waals surface area contributed by atoms with Gasteiger partial charge in [0.25, 0.3) is 0 Å². The number of hydrogen-bond acceptors (Lipinski definition) is 2. The van der Waals surface area contributed by atoms with E-state index < -0.39 is 24.4 Å². The van der Waals surface area contributed by atoms with Crippen LogP contribution in [0.15, 0.2) is 0 Å². The zero-order valence-corrected chi connectivity index (χ0v) is 8.40. The van der Waals surface area contributed by atoms with E-state index >= 15 is 0 Å². The average molecular weight is 222 g/mol. The Morgan fingerprint density at radius 1 is 1.47 bits per heavy atom. The number of nitrogens with one attached hydrogen (secondary N) is 1. The molecular weight excluding hydrogens is 209 g/mol. The lowest BCUT2D eigenvalue weighted by Gasteiger charge is -2.07. The highest BCUT2D eigenvalue weighted by Gasteiger charge is 2.25. The van der Waals surface area contributed by atoms with Gasteiger partial charge in [0, 0.05) is 13.0 Å². The van der Waals surface area contributed by atoms with Crippen molar-refractivity contribution in [3.63, 3.8) is 0 Å². The number of nitrogens with zero attached hydrogens (tertiary/aromatic N) is 1. The summed E-state index contributed by atoms with van der Waals surface area (Å²) < 4.78 is 35.1. The molecule has 0 saturated carbocycles. The molecule has 15 heavy (non-hydrogen) atoms. The van der Waals surface area contributed by atoms with Gasteiger partial charge in [-0.2, -0.15) is 18.4 Å². The highest BCUT2D eigenvalue weighted by atomic mass is 19.4. The van der Waals surface area contributed by atoms with Crippen LogP contribution in [-0.4, -0.2) is 18.6 Å². The molecule has 0 saturated heterocycles. The molecule has 1 unspecified atom stereocenters. The van der Waals surface area contributed by atoms with E-state index in [4.69, 9.17) is 5.26 Å². The van der Waals surface area contributed by atoms with E-state index in [9.17, 15) is 18.0 Å². The van der Waals surface area contributed by atoms with Crippen molar-refractivity contribution in [2.75, 3.05) is 6.54 Å². The highest BCUT2D eigenvalue weighted by Crippen LogP contribution is 2.21. The summed E-state index contributed by atoms with van der Waals surface area (Å²) in [6.45, 7) is 1.62. The summed E-state index contributed by atoms with van der Waals surface area (Å²) in [5.41, 5.74) is 0. The van der Waals surface area contributed by atoms with E-state index in [1.165, 1.54) is 6.92 Å². The minimum atomic E-state index is -4.13. The zero-order valence-electron chi connectivity index (χ0n) is 8.40. The van der Waals surface area contributed by atoms with Crippen LogP contribution in [0.2, 0.25) is 0 Å². The van der Waals surface area contributed by atoms with Crippen molar-refractivity contribution in [2.24, 2.45) is 5.92 Å². The number of hydrogen-bond donors (Lipinski definition) is 1. The Kier molecular flexibility index (Phi) is 5.75. The minimum Gasteiger partial charge on any atom is -0.355 e. The molecule has 0 aliphatic carbocycles. The molecule has 3 nitrogen and oxygen atoms in total.